The molecule has 162 valence electrons. The van der Waals surface area contributed by atoms with Gasteiger partial charge in [-0.05, 0) is 23.3 Å². The van der Waals surface area contributed by atoms with E-state index in [1.165, 1.54) is 12.1 Å². The third-order valence-electron chi connectivity index (χ3n) is 5.06. The highest BCUT2D eigenvalue weighted by Gasteiger charge is 2.26. The second kappa shape index (κ2) is 10.1. The maximum Gasteiger partial charge on any atom is 0.341 e. The van der Waals surface area contributed by atoms with Crippen LogP contribution in [-0.2, 0) is 27.7 Å². The van der Waals surface area contributed by atoms with Crippen molar-refractivity contribution >= 4 is 15.7 Å². The van der Waals surface area contributed by atoms with Gasteiger partial charge in [0, 0.05) is 39.3 Å². The average Bonchev–Trinajstić information content (AvgIpc) is 2.75. The topological polar surface area (TPSA) is 69.7 Å². The van der Waals surface area contributed by atoms with E-state index in [4.69, 9.17) is 0 Å². The molecule has 1 aliphatic heterocycles. The first-order valence-corrected chi connectivity index (χ1v) is 11.3. The molecule has 1 heterocycles. The van der Waals surface area contributed by atoms with Crippen molar-refractivity contribution in [2.24, 2.45) is 0 Å². The monoisotopic (exact) mass is 437 g/mol. The Morgan fingerprint density at radius 3 is 2.10 bits per heavy atom. The zero-order valence-corrected chi connectivity index (χ0v) is 17.3. The molecule has 0 aromatic heterocycles. The third kappa shape index (κ3) is 6.07. The Hall–Kier alpha value is -2.36. The molecule has 2 aromatic rings. The molecule has 0 saturated carbocycles. The van der Waals surface area contributed by atoms with Gasteiger partial charge in [-0.1, -0.05) is 42.5 Å². The predicted molar refractivity (Wildman–Crippen MR) is 110 cm³/mol. The molecule has 0 bridgehead atoms. The number of amides is 1. The molecule has 3 rings (SSSR count). The maximum atomic E-state index is 12.6. The Bertz CT molecular complexity index is 930. The first-order valence-electron chi connectivity index (χ1n) is 9.71. The normalized spacial score (nSPS) is 16.0. The lowest BCUT2D eigenvalue weighted by Gasteiger charge is -2.34. The minimum Gasteiger partial charge on any atom is -0.351 e. The molecule has 1 amide bonds. The number of halogens is 2. The largest absolute Gasteiger partial charge is 0.351 e. The fourth-order valence-corrected chi connectivity index (χ4v) is 4.03. The molecule has 2 aromatic carbocycles. The van der Waals surface area contributed by atoms with Crippen molar-refractivity contribution in [3.8, 4) is 0 Å². The molecule has 1 saturated heterocycles. The summed E-state index contributed by atoms with van der Waals surface area (Å²) < 4.78 is 48.2. The molecule has 9 heteroatoms. The fraction of sp³-hybridized carbons (Fsp3) is 0.381. The first kappa shape index (κ1) is 22.3. The second-order valence-corrected chi connectivity index (χ2v) is 9.18. The standard InChI is InChI=1S/C21H25F2N3O3S/c22-21(23)30(28,29)19-8-6-18(7-9-19)15-25-10-12-26(13-11-25)16-20(27)24-14-17-4-2-1-3-5-17/h1-9,21H,10-16H2,(H,24,27). The van der Waals surface area contributed by atoms with E-state index in [0.29, 0.717) is 19.6 Å². The van der Waals surface area contributed by atoms with Crippen LogP contribution in [0.4, 0.5) is 8.78 Å². The Kier molecular flexibility index (Phi) is 7.52. The number of piperazine rings is 1. The first-order chi connectivity index (χ1) is 14.3. The molecular weight excluding hydrogens is 412 g/mol. The van der Waals surface area contributed by atoms with Crippen molar-refractivity contribution in [3.63, 3.8) is 0 Å². The lowest BCUT2D eigenvalue weighted by molar-refractivity contribution is -0.122. The molecule has 0 spiro atoms. The number of hydrogen-bond acceptors (Lipinski definition) is 5. The van der Waals surface area contributed by atoms with Crippen molar-refractivity contribution in [1.82, 2.24) is 15.1 Å². The Morgan fingerprint density at radius 1 is 0.900 bits per heavy atom. The maximum absolute atomic E-state index is 12.6. The molecule has 1 N–H and O–H groups in total. The summed E-state index contributed by atoms with van der Waals surface area (Å²) in [6.45, 7) is 4.49. The van der Waals surface area contributed by atoms with E-state index >= 15 is 0 Å². The van der Waals surface area contributed by atoms with Gasteiger partial charge in [-0.3, -0.25) is 14.6 Å². The third-order valence-corrected chi connectivity index (χ3v) is 6.46. The van der Waals surface area contributed by atoms with Gasteiger partial charge >= 0.3 is 5.76 Å². The van der Waals surface area contributed by atoms with Gasteiger partial charge in [0.25, 0.3) is 0 Å². The van der Waals surface area contributed by atoms with E-state index in [1.54, 1.807) is 12.1 Å². The number of carbonyl (C=O) groups excluding carboxylic acids is 1. The Labute approximate surface area is 175 Å². The van der Waals surface area contributed by atoms with E-state index in [0.717, 1.165) is 37.3 Å². The number of sulfone groups is 1. The summed E-state index contributed by atoms with van der Waals surface area (Å²) in [5, 5.41) is 2.93. The summed E-state index contributed by atoms with van der Waals surface area (Å²) in [6.07, 6.45) is 0. The lowest BCUT2D eigenvalue weighted by Crippen LogP contribution is -2.49. The van der Waals surface area contributed by atoms with Crippen LogP contribution in [0.3, 0.4) is 0 Å². The molecular formula is C21H25F2N3O3S. The fourth-order valence-electron chi connectivity index (χ4n) is 3.31. The Morgan fingerprint density at radius 2 is 1.50 bits per heavy atom. The van der Waals surface area contributed by atoms with Crippen LogP contribution in [0.15, 0.2) is 59.5 Å². The summed E-state index contributed by atoms with van der Waals surface area (Å²) >= 11 is 0. The van der Waals surface area contributed by atoms with Crippen LogP contribution < -0.4 is 5.32 Å². The van der Waals surface area contributed by atoms with Gasteiger partial charge in [0.1, 0.15) is 0 Å². The molecule has 30 heavy (non-hydrogen) atoms. The molecule has 1 aliphatic rings. The summed E-state index contributed by atoms with van der Waals surface area (Å²) in [7, 11) is -4.56. The van der Waals surface area contributed by atoms with Gasteiger partial charge in [0.05, 0.1) is 11.4 Å². The van der Waals surface area contributed by atoms with Crippen molar-refractivity contribution in [2.75, 3.05) is 32.7 Å². The average molecular weight is 438 g/mol. The molecule has 0 atom stereocenters. The number of rotatable bonds is 8. The van der Waals surface area contributed by atoms with E-state index < -0.39 is 15.6 Å². The van der Waals surface area contributed by atoms with Gasteiger partial charge < -0.3 is 5.32 Å². The van der Waals surface area contributed by atoms with Crippen LogP contribution in [0.5, 0.6) is 0 Å². The van der Waals surface area contributed by atoms with E-state index in [2.05, 4.69) is 15.1 Å². The van der Waals surface area contributed by atoms with E-state index in [-0.39, 0.29) is 10.8 Å². The van der Waals surface area contributed by atoms with Crippen LogP contribution in [0.25, 0.3) is 0 Å². The van der Waals surface area contributed by atoms with Crippen molar-refractivity contribution in [3.05, 3.63) is 65.7 Å². The minimum absolute atomic E-state index is 0.0110. The lowest BCUT2D eigenvalue weighted by atomic mass is 10.2. The molecule has 0 aliphatic carbocycles. The summed E-state index contributed by atoms with van der Waals surface area (Å²) in [6, 6.07) is 15.3. The van der Waals surface area contributed by atoms with Crippen LogP contribution in [0.2, 0.25) is 0 Å². The predicted octanol–water partition coefficient (Wildman–Crippen LogP) is 2.12. The highest BCUT2D eigenvalue weighted by atomic mass is 32.2. The van der Waals surface area contributed by atoms with E-state index in [9.17, 15) is 22.0 Å². The van der Waals surface area contributed by atoms with Crippen LogP contribution in [0.1, 0.15) is 11.1 Å². The van der Waals surface area contributed by atoms with Crippen molar-refractivity contribution in [2.45, 2.75) is 23.7 Å². The number of benzene rings is 2. The minimum atomic E-state index is -4.56. The molecule has 0 radical (unpaired) electrons. The second-order valence-electron chi connectivity index (χ2n) is 7.26. The van der Waals surface area contributed by atoms with Gasteiger partial charge in [0.15, 0.2) is 0 Å². The Balaban J connectivity index is 1.41. The molecule has 6 nitrogen and oxygen atoms in total. The van der Waals surface area contributed by atoms with Gasteiger partial charge in [0.2, 0.25) is 15.7 Å². The number of nitrogens with one attached hydrogen (secondary N) is 1. The summed E-state index contributed by atoms with van der Waals surface area (Å²) in [5.74, 6) is -3.43. The van der Waals surface area contributed by atoms with E-state index in [1.807, 2.05) is 30.3 Å². The van der Waals surface area contributed by atoms with Gasteiger partial charge in [-0.15, -0.1) is 0 Å². The highest BCUT2D eigenvalue weighted by molar-refractivity contribution is 7.91. The number of nitrogens with zero attached hydrogens (tertiary/aromatic N) is 2. The van der Waals surface area contributed by atoms with Gasteiger partial charge in [-0.2, -0.15) is 8.78 Å². The zero-order valence-electron chi connectivity index (χ0n) is 16.5. The number of carbonyl (C=O) groups is 1. The van der Waals surface area contributed by atoms with Crippen LogP contribution >= 0.6 is 0 Å². The summed E-state index contributed by atoms with van der Waals surface area (Å²) in [4.78, 5) is 16.1. The highest BCUT2D eigenvalue weighted by Crippen LogP contribution is 2.19. The number of alkyl halides is 2. The smallest absolute Gasteiger partial charge is 0.341 e. The van der Waals surface area contributed by atoms with Gasteiger partial charge in [-0.25, -0.2) is 8.42 Å². The van der Waals surface area contributed by atoms with Crippen molar-refractivity contribution in [1.29, 1.82) is 0 Å². The SMILES string of the molecule is O=C(CN1CCN(Cc2ccc(S(=O)(=O)C(F)F)cc2)CC1)NCc1ccccc1. The van der Waals surface area contributed by atoms with Crippen LogP contribution in [-0.4, -0.2) is 62.6 Å². The quantitative estimate of drug-likeness (QED) is 0.685. The molecule has 1 fully saturated rings. The number of hydrogen-bond donors (Lipinski definition) is 1. The summed E-state index contributed by atoms with van der Waals surface area (Å²) in [5.41, 5.74) is 1.92. The van der Waals surface area contributed by atoms with Crippen molar-refractivity contribution < 1.29 is 22.0 Å². The zero-order chi connectivity index (χ0) is 21.6. The van der Waals surface area contributed by atoms with Crippen LogP contribution in [0, 0.1) is 0 Å². The molecule has 0 unspecified atom stereocenters.